The number of benzene rings is 2. The van der Waals surface area contributed by atoms with Crippen molar-refractivity contribution in [3.8, 4) is 11.1 Å². The van der Waals surface area contributed by atoms with Crippen LogP contribution in [0.3, 0.4) is 0 Å². The standard InChI is InChI=1S/C21H25NO2S/c1-16-21(2,3)19-15-18(17-9-5-4-6-10-17)11-12-20(19)22(16)13-7-8-14-25-24-23/h4-6,9-12,15H,7-8,13-14H2,1-3H3/p+1. The van der Waals surface area contributed by atoms with Gasteiger partial charge in [0.15, 0.2) is 5.71 Å². The Morgan fingerprint density at radius 2 is 1.80 bits per heavy atom. The molecule has 2 aromatic carbocycles. The molecule has 132 valence electrons. The minimum atomic E-state index is 0.0447. The van der Waals surface area contributed by atoms with Crippen molar-refractivity contribution in [3.63, 3.8) is 0 Å². The van der Waals surface area contributed by atoms with Crippen LogP contribution in [-0.2, 0) is 9.75 Å². The molecule has 1 N–H and O–H groups in total. The smallest absolute Gasteiger partial charge is 0.209 e. The van der Waals surface area contributed by atoms with E-state index in [-0.39, 0.29) is 5.41 Å². The van der Waals surface area contributed by atoms with Crippen LogP contribution < -0.4 is 0 Å². The Morgan fingerprint density at radius 1 is 1.04 bits per heavy atom. The van der Waals surface area contributed by atoms with Gasteiger partial charge in [-0.15, -0.1) is 0 Å². The van der Waals surface area contributed by atoms with Crippen LogP contribution in [0.1, 0.15) is 39.2 Å². The molecule has 0 spiro atoms. The van der Waals surface area contributed by atoms with E-state index in [1.54, 1.807) is 0 Å². The topological polar surface area (TPSA) is 32.5 Å². The molecule has 1 aliphatic rings. The van der Waals surface area contributed by atoms with E-state index in [9.17, 15) is 0 Å². The molecule has 3 nitrogen and oxygen atoms in total. The van der Waals surface area contributed by atoms with Crippen molar-refractivity contribution in [2.45, 2.75) is 39.0 Å². The Morgan fingerprint density at radius 3 is 2.52 bits per heavy atom. The van der Waals surface area contributed by atoms with Crippen LogP contribution in [0, 0.1) is 0 Å². The summed E-state index contributed by atoms with van der Waals surface area (Å²) >= 11 is 1.11. The summed E-state index contributed by atoms with van der Waals surface area (Å²) in [6.07, 6.45) is 2.09. The molecule has 0 bridgehead atoms. The van der Waals surface area contributed by atoms with Crippen LogP contribution in [-0.4, -0.2) is 27.8 Å². The van der Waals surface area contributed by atoms with E-state index < -0.39 is 0 Å². The SMILES string of the molecule is CC1=[N+](CCCCSOO)c2ccc(-c3ccccc3)cc2C1(C)C. The summed E-state index contributed by atoms with van der Waals surface area (Å²) in [7, 11) is 0. The number of hydrogen-bond acceptors (Lipinski definition) is 3. The summed E-state index contributed by atoms with van der Waals surface area (Å²) in [6, 6.07) is 17.4. The van der Waals surface area contributed by atoms with Crippen molar-refractivity contribution in [1.29, 1.82) is 0 Å². The number of hydrogen-bond donors (Lipinski definition) is 1. The molecule has 1 heterocycles. The number of nitrogens with zero attached hydrogens (tertiary/aromatic N) is 1. The predicted octanol–water partition coefficient (Wildman–Crippen LogP) is 5.67. The van der Waals surface area contributed by atoms with Gasteiger partial charge in [-0.2, -0.15) is 8.91 Å². The fraction of sp³-hybridized carbons (Fsp3) is 0.381. The Labute approximate surface area is 154 Å². The first kappa shape index (κ1) is 18.2. The lowest BCUT2D eigenvalue weighted by Crippen LogP contribution is -2.26. The third kappa shape index (κ3) is 3.66. The van der Waals surface area contributed by atoms with Gasteiger partial charge in [0.25, 0.3) is 0 Å². The molecule has 0 amide bonds. The molecule has 4 heteroatoms. The summed E-state index contributed by atoms with van der Waals surface area (Å²) in [4.78, 5) is 0. The van der Waals surface area contributed by atoms with Crippen LogP contribution in [0.15, 0.2) is 48.5 Å². The predicted molar refractivity (Wildman–Crippen MR) is 106 cm³/mol. The molecule has 0 atom stereocenters. The van der Waals surface area contributed by atoms with Crippen molar-refractivity contribution in [1.82, 2.24) is 0 Å². The summed E-state index contributed by atoms with van der Waals surface area (Å²) in [5, 5.41) is 8.39. The van der Waals surface area contributed by atoms with Gasteiger partial charge in [-0.3, -0.25) is 0 Å². The number of fused-ring (bicyclic) bond motifs is 1. The highest BCUT2D eigenvalue weighted by Crippen LogP contribution is 2.41. The van der Waals surface area contributed by atoms with E-state index in [0.29, 0.717) is 0 Å². The second-order valence-corrected chi connectivity index (χ2v) is 7.86. The van der Waals surface area contributed by atoms with Gasteiger partial charge in [-0.25, -0.2) is 5.26 Å². The Bertz CT molecular complexity index is 769. The van der Waals surface area contributed by atoms with Crippen molar-refractivity contribution in [3.05, 3.63) is 54.1 Å². The molecular formula is C21H26NO2S+. The van der Waals surface area contributed by atoms with Crippen LogP contribution in [0.25, 0.3) is 11.1 Å². The van der Waals surface area contributed by atoms with Crippen LogP contribution >= 0.6 is 12.0 Å². The van der Waals surface area contributed by atoms with Gasteiger partial charge in [0, 0.05) is 42.8 Å². The summed E-state index contributed by atoms with van der Waals surface area (Å²) in [6.45, 7) is 7.86. The molecule has 25 heavy (non-hydrogen) atoms. The van der Waals surface area contributed by atoms with Gasteiger partial charge >= 0.3 is 0 Å². The quantitative estimate of drug-likeness (QED) is 0.228. The number of unbranched alkanes of at least 4 members (excludes halogenated alkanes) is 1. The Kier molecular flexibility index (Phi) is 5.62. The highest BCUT2D eigenvalue weighted by molar-refractivity contribution is 7.94. The summed E-state index contributed by atoms with van der Waals surface area (Å²) in [5.41, 5.74) is 6.71. The molecule has 0 unspecified atom stereocenters. The second kappa shape index (κ2) is 7.73. The lowest BCUT2D eigenvalue weighted by atomic mass is 9.81. The minimum absolute atomic E-state index is 0.0447. The van der Waals surface area contributed by atoms with E-state index in [1.165, 1.54) is 28.1 Å². The zero-order valence-corrected chi connectivity index (χ0v) is 16.0. The molecule has 0 saturated heterocycles. The van der Waals surface area contributed by atoms with Crippen LogP contribution in [0.4, 0.5) is 5.69 Å². The zero-order chi connectivity index (χ0) is 17.9. The lowest BCUT2D eigenvalue weighted by molar-refractivity contribution is -0.439. The molecule has 0 radical (unpaired) electrons. The van der Waals surface area contributed by atoms with Crippen LogP contribution in [0.2, 0.25) is 0 Å². The van der Waals surface area contributed by atoms with E-state index in [0.717, 1.165) is 37.2 Å². The third-order valence-corrected chi connectivity index (χ3v) is 5.85. The van der Waals surface area contributed by atoms with E-state index in [1.807, 2.05) is 0 Å². The van der Waals surface area contributed by atoms with Gasteiger partial charge in [0.2, 0.25) is 5.69 Å². The maximum atomic E-state index is 8.39. The van der Waals surface area contributed by atoms with Gasteiger partial charge in [-0.05, 0) is 43.5 Å². The fourth-order valence-corrected chi connectivity index (χ4v) is 3.95. The zero-order valence-electron chi connectivity index (χ0n) is 15.2. The van der Waals surface area contributed by atoms with E-state index in [4.69, 9.17) is 5.26 Å². The molecule has 0 aliphatic carbocycles. The Hall–Kier alpha value is -1.62. The molecule has 1 aliphatic heterocycles. The second-order valence-electron chi connectivity index (χ2n) is 7.06. The van der Waals surface area contributed by atoms with Gasteiger partial charge in [0.1, 0.15) is 6.54 Å². The first-order valence-corrected chi connectivity index (χ1v) is 9.71. The highest BCUT2D eigenvalue weighted by atomic mass is 32.2. The molecule has 0 aromatic heterocycles. The normalized spacial score (nSPS) is 15.5. The maximum absolute atomic E-state index is 8.39. The average molecular weight is 357 g/mol. The van der Waals surface area contributed by atoms with Gasteiger partial charge < -0.3 is 0 Å². The third-order valence-electron chi connectivity index (χ3n) is 5.29. The summed E-state index contributed by atoms with van der Waals surface area (Å²) < 4.78 is 6.53. The monoisotopic (exact) mass is 356 g/mol. The first-order valence-electron chi connectivity index (χ1n) is 8.80. The Balaban J connectivity index is 1.85. The number of rotatable bonds is 7. The lowest BCUT2D eigenvalue weighted by Gasteiger charge is -2.16. The van der Waals surface area contributed by atoms with E-state index >= 15 is 0 Å². The van der Waals surface area contributed by atoms with E-state index in [2.05, 4.69) is 78.2 Å². The fourth-order valence-electron chi connectivity index (χ4n) is 3.55. The van der Waals surface area contributed by atoms with Crippen molar-refractivity contribution in [2.75, 3.05) is 12.3 Å². The van der Waals surface area contributed by atoms with Crippen molar-refractivity contribution < 1.29 is 14.2 Å². The van der Waals surface area contributed by atoms with Gasteiger partial charge in [-0.1, -0.05) is 30.3 Å². The molecule has 3 rings (SSSR count). The molecule has 2 aromatic rings. The van der Waals surface area contributed by atoms with Crippen molar-refractivity contribution in [2.24, 2.45) is 0 Å². The highest BCUT2D eigenvalue weighted by Gasteiger charge is 2.42. The summed E-state index contributed by atoms with van der Waals surface area (Å²) in [5.74, 6) is 0.812. The molecule has 0 saturated carbocycles. The van der Waals surface area contributed by atoms with Crippen LogP contribution in [0.5, 0.6) is 0 Å². The maximum Gasteiger partial charge on any atom is 0.209 e. The first-order chi connectivity index (χ1) is 12.1. The average Bonchev–Trinajstić information content (AvgIpc) is 2.82. The molecule has 0 fully saturated rings. The van der Waals surface area contributed by atoms with Gasteiger partial charge in [0.05, 0.1) is 5.41 Å². The largest absolute Gasteiger partial charge is 0.239 e. The molecular weight excluding hydrogens is 330 g/mol. The minimum Gasteiger partial charge on any atom is -0.239 e. The van der Waals surface area contributed by atoms with Crippen molar-refractivity contribution >= 4 is 23.4 Å².